The molecular formula is C13H19F2NO. The van der Waals surface area contributed by atoms with Crippen LogP contribution in [0.5, 0.6) is 0 Å². The molecule has 4 heteroatoms. The van der Waals surface area contributed by atoms with Crippen LogP contribution in [0.1, 0.15) is 26.3 Å². The number of nitrogens with one attached hydrogen (secondary N) is 1. The second kappa shape index (κ2) is 5.56. The van der Waals surface area contributed by atoms with Crippen LogP contribution >= 0.6 is 0 Å². The maximum absolute atomic E-state index is 13.3. The summed E-state index contributed by atoms with van der Waals surface area (Å²) in [6.07, 6.45) is -0.508. The molecule has 1 rings (SSSR count). The lowest BCUT2D eigenvalue weighted by molar-refractivity contribution is 0.0627. The van der Waals surface area contributed by atoms with Crippen molar-refractivity contribution < 1.29 is 13.9 Å². The molecule has 1 unspecified atom stereocenters. The van der Waals surface area contributed by atoms with Crippen LogP contribution in [0.4, 0.5) is 8.78 Å². The summed E-state index contributed by atoms with van der Waals surface area (Å²) in [5.41, 5.74) is 0.182. The van der Waals surface area contributed by atoms with E-state index in [9.17, 15) is 13.9 Å². The molecule has 0 saturated heterocycles. The molecule has 0 aromatic heterocycles. The van der Waals surface area contributed by atoms with Gasteiger partial charge >= 0.3 is 0 Å². The Kier molecular flexibility index (Phi) is 4.60. The third-order valence-electron chi connectivity index (χ3n) is 2.67. The molecule has 1 aromatic carbocycles. The normalized spacial score (nSPS) is 13.8. The summed E-state index contributed by atoms with van der Waals surface area (Å²) in [5.74, 6) is -1.15. The Labute approximate surface area is 101 Å². The van der Waals surface area contributed by atoms with Crippen molar-refractivity contribution in [2.75, 3.05) is 6.54 Å². The zero-order valence-electron chi connectivity index (χ0n) is 10.4. The molecule has 0 spiro atoms. The van der Waals surface area contributed by atoms with Crippen molar-refractivity contribution in [3.63, 3.8) is 0 Å². The van der Waals surface area contributed by atoms with Crippen LogP contribution in [0.25, 0.3) is 0 Å². The van der Waals surface area contributed by atoms with E-state index in [1.165, 1.54) is 12.1 Å². The van der Waals surface area contributed by atoms with Crippen LogP contribution in [0.15, 0.2) is 18.2 Å². The Balaban J connectivity index is 2.46. The number of hydrogen-bond acceptors (Lipinski definition) is 2. The fraction of sp³-hybridized carbons (Fsp3) is 0.538. The number of hydrogen-bond donors (Lipinski definition) is 2. The number of benzene rings is 1. The van der Waals surface area contributed by atoms with Gasteiger partial charge < -0.3 is 10.4 Å². The monoisotopic (exact) mass is 243 g/mol. The van der Waals surface area contributed by atoms with E-state index in [-0.39, 0.29) is 12.0 Å². The second-order valence-corrected chi connectivity index (χ2v) is 5.25. The van der Waals surface area contributed by atoms with Crippen LogP contribution in [-0.2, 0) is 6.54 Å². The molecule has 0 aliphatic carbocycles. The summed E-state index contributed by atoms with van der Waals surface area (Å²) >= 11 is 0. The molecule has 96 valence electrons. The summed E-state index contributed by atoms with van der Waals surface area (Å²) < 4.78 is 25.9. The summed E-state index contributed by atoms with van der Waals surface area (Å²) in [5, 5.41) is 12.7. The fourth-order valence-corrected chi connectivity index (χ4v) is 1.31. The van der Waals surface area contributed by atoms with Gasteiger partial charge in [-0.25, -0.2) is 8.78 Å². The largest absolute Gasteiger partial charge is 0.391 e. The third-order valence-corrected chi connectivity index (χ3v) is 2.67. The lowest BCUT2D eigenvalue weighted by Gasteiger charge is -2.26. The van der Waals surface area contributed by atoms with Crippen LogP contribution in [0.3, 0.4) is 0 Å². The minimum absolute atomic E-state index is 0.214. The van der Waals surface area contributed by atoms with Crippen molar-refractivity contribution in [1.29, 1.82) is 0 Å². The van der Waals surface area contributed by atoms with Crippen molar-refractivity contribution in [3.8, 4) is 0 Å². The topological polar surface area (TPSA) is 32.3 Å². The van der Waals surface area contributed by atoms with Crippen molar-refractivity contribution in [1.82, 2.24) is 5.32 Å². The highest BCUT2D eigenvalue weighted by Crippen LogP contribution is 2.18. The lowest BCUT2D eigenvalue weighted by atomic mass is 9.89. The smallest absolute Gasteiger partial charge is 0.130 e. The molecule has 0 aliphatic heterocycles. The molecular weight excluding hydrogens is 224 g/mol. The Morgan fingerprint density at radius 2 is 1.94 bits per heavy atom. The van der Waals surface area contributed by atoms with E-state index < -0.39 is 17.7 Å². The van der Waals surface area contributed by atoms with E-state index >= 15 is 0 Å². The summed E-state index contributed by atoms with van der Waals surface area (Å²) in [7, 11) is 0. The minimum Gasteiger partial charge on any atom is -0.391 e. The van der Waals surface area contributed by atoms with Gasteiger partial charge in [0, 0.05) is 24.7 Å². The van der Waals surface area contributed by atoms with Crippen LogP contribution in [0.2, 0.25) is 0 Å². The molecule has 0 bridgehead atoms. The van der Waals surface area contributed by atoms with Gasteiger partial charge in [-0.1, -0.05) is 26.8 Å². The highest BCUT2D eigenvalue weighted by molar-refractivity contribution is 5.18. The summed E-state index contributed by atoms with van der Waals surface area (Å²) in [6.45, 7) is 6.44. The van der Waals surface area contributed by atoms with Gasteiger partial charge in [-0.05, 0) is 11.5 Å². The Morgan fingerprint density at radius 3 is 2.47 bits per heavy atom. The molecule has 0 fully saturated rings. The van der Waals surface area contributed by atoms with E-state index in [0.29, 0.717) is 12.1 Å². The lowest BCUT2D eigenvalue weighted by Crippen LogP contribution is -2.36. The SMILES string of the molecule is CC(C)(C)C(O)CNCc1ccc(F)cc1F. The Hall–Kier alpha value is -1.00. The van der Waals surface area contributed by atoms with E-state index in [1.54, 1.807) is 0 Å². The zero-order valence-corrected chi connectivity index (χ0v) is 10.4. The average Bonchev–Trinajstić information content (AvgIpc) is 2.19. The molecule has 0 amide bonds. The maximum atomic E-state index is 13.3. The first kappa shape index (κ1) is 14.1. The first-order valence-corrected chi connectivity index (χ1v) is 5.63. The van der Waals surface area contributed by atoms with Crippen LogP contribution in [0, 0.1) is 17.0 Å². The average molecular weight is 243 g/mol. The quantitative estimate of drug-likeness (QED) is 0.851. The highest BCUT2D eigenvalue weighted by Gasteiger charge is 2.21. The van der Waals surface area contributed by atoms with Gasteiger partial charge in [-0.3, -0.25) is 0 Å². The van der Waals surface area contributed by atoms with Crippen molar-refractivity contribution >= 4 is 0 Å². The van der Waals surface area contributed by atoms with Gasteiger partial charge in [0.15, 0.2) is 0 Å². The van der Waals surface area contributed by atoms with E-state index in [1.807, 2.05) is 20.8 Å². The summed E-state index contributed by atoms with van der Waals surface area (Å²) in [6, 6.07) is 3.48. The maximum Gasteiger partial charge on any atom is 0.130 e. The van der Waals surface area contributed by atoms with Crippen molar-refractivity contribution in [2.24, 2.45) is 5.41 Å². The highest BCUT2D eigenvalue weighted by atomic mass is 19.1. The number of aliphatic hydroxyl groups excluding tert-OH is 1. The van der Waals surface area contributed by atoms with E-state index in [2.05, 4.69) is 5.32 Å². The van der Waals surface area contributed by atoms with Gasteiger partial charge in [0.1, 0.15) is 11.6 Å². The second-order valence-electron chi connectivity index (χ2n) is 5.25. The number of aliphatic hydroxyl groups is 1. The Morgan fingerprint density at radius 1 is 1.29 bits per heavy atom. The molecule has 0 radical (unpaired) electrons. The third kappa shape index (κ3) is 4.40. The van der Waals surface area contributed by atoms with Gasteiger partial charge in [0.25, 0.3) is 0 Å². The van der Waals surface area contributed by atoms with Crippen molar-refractivity contribution in [2.45, 2.75) is 33.4 Å². The molecule has 2 nitrogen and oxygen atoms in total. The molecule has 0 saturated carbocycles. The molecule has 17 heavy (non-hydrogen) atoms. The Bertz CT molecular complexity index is 374. The van der Waals surface area contributed by atoms with Gasteiger partial charge in [-0.2, -0.15) is 0 Å². The molecule has 1 atom stereocenters. The van der Waals surface area contributed by atoms with Gasteiger partial charge in [-0.15, -0.1) is 0 Å². The van der Waals surface area contributed by atoms with E-state index in [0.717, 1.165) is 6.07 Å². The summed E-state index contributed by atoms with van der Waals surface area (Å²) in [4.78, 5) is 0. The molecule has 0 heterocycles. The first-order valence-electron chi connectivity index (χ1n) is 5.63. The van der Waals surface area contributed by atoms with Crippen molar-refractivity contribution in [3.05, 3.63) is 35.4 Å². The number of halogens is 2. The molecule has 0 aliphatic rings. The molecule has 1 aromatic rings. The van der Waals surface area contributed by atoms with Gasteiger partial charge in [0.05, 0.1) is 6.10 Å². The molecule has 2 N–H and O–H groups in total. The van der Waals surface area contributed by atoms with Gasteiger partial charge in [0.2, 0.25) is 0 Å². The van der Waals surface area contributed by atoms with Crippen LogP contribution < -0.4 is 5.32 Å². The van der Waals surface area contributed by atoms with Crippen LogP contribution in [-0.4, -0.2) is 17.8 Å². The predicted octanol–water partition coefficient (Wildman–Crippen LogP) is 2.46. The fourth-order valence-electron chi connectivity index (χ4n) is 1.31. The zero-order chi connectivity index (χ0) is 13.1. The number of rotatable bonds is 4. The predicted molar refractivity (Wildman–Crippen MR) is 63.5 cm³/mol. The first-order chi connectivity index (χ1) is 7.80. The standard InChI is InChI=1S/C13H19F2NO/c1-13(2,3)12(17)8-16-7-9-4-5-10(14)6-11(9)15/h4-6,12,16-17H,7-8H2,1-3H3. The minimum atomic E-state index is -0.582. The van der Waals surface area contributed by atoms with E-state index in [4.69, 9.17) is 0 Å².